The second-order valence-corrected chi connectivity index (χ2v) is 14.9. The number of hydrogen-bond donors (Lipinski definition) is 0. The van der Waals surface area contributed by atoms with Crippen molar-refractivity contribution in [1.29, 1.82) is 0 Å². The Labute approximate surface area is 259 Å². The van der Waals surface area contributed by atoms with Crippen molar-refractivity contribution >= 4 is 37.1 Å². The van der Waals surface area contributed by atoms with E-state index in [0.717, 1.165) is 57.6 Å². The molecular formula is C38H28O4P2. The molecule has 2 aliphatic heterocycles. The van der Waals surface area contributed by atoms with Crippen LogP contribution in [0.2, 0.25) is 0 Å². The highest BCUT2D eigenvalue weighted by atomic mass is 31.1. The highest BCUT2D eigenvalue weighted by Crippen LogP contribution is 2.57. The van der Waals surface area contributed by atoms with Gasteiger partial charge in [-0.1, -0.05) is 96.4 Å². The largest absolute Gasteiger partial charge is 0.454 e. The summed E-state index contributed by atoms with van der Waals surface area (Å²) in [6, 6.07) is 30.1. The molecule has 0 bridgehead atoms. The number of benzene rings is 4. The average molecular weight is 611 g/mol. The van der Waals surface area contributed by atoms with Crippen molar-refractivity contribution in [3.63, 3.8) is 0 Å². The lowest BCUT2D eigenvalue weighted by molar-refractivity contribution is 0.173. The van der Waals surface area contributed by atoms with Crippen molar-refractivity contribution in [2.75, 3.05) is 13.6 Å². The Kier molecular flexibility index (Phi) is 7.29. The third kappa shape index (κ3) is 4.84. The van der Waals surface area contributed by atoms with E-state index in [1.807, 2.05) is 18.2 Å². The summed E-state index contributed by atoms with van der Waals surface area (Å²) < 4.78 is 24.7. The molecule has 4 aliphatic rings. The van der Waals surface area contributed by atoms with Crippen LogP contribution in [0, 0.1) is 0 Å². The Morgan fingerprint density at radius 3 is 1.80 bits per heavy atom. The van der Waals surface area contributed by atoms with Crippen LogP contribution in [-0.2, 0) is 0 Å². The number of allylic oxidation sites excluding steroid dienone is 8. The topological polar surface area (TPSA) is 36.9 Å². The lowest BCUT2D eigenvalue weighted by atomic mass is 10.0. The van der Waals surface area contributed by atoms with E-state index in [2.05, 4.69) is 115 Å². The van der Waals surface area contributed by atoms with Crippen LogP contribution >= 0.6 is 15.8 Å². The molecule has 0 saturated heterocycles. The fraction of sp³-hybridized carbons (Fsp3) is 0.105. The molecule has 0 amide bonds. The summed E-state index contributed by atoms with van der Waals surface area (Å²) in [6.07, 6.45) is 14.9. The Hall–Kier alpha value is -4.54. The normalized spacial score (nSPS) is 16.9. The second-order valence-electron chi connectivity index (χ2n) is 10.5. The molecule has 2 atom stereocenters. The fourth-order valence-electron chi connectivity index (χ4n) is 6.05. The van der Waals surface area contributed by atoms with Gasteiger partial charge in [0.05, 0.1) is 0 Å². The molecule has 0 N–H and O–H groups in total. The Morgan fingerprint density at radius 2 is 1.23 bits per heavy atom. The number of fused-ring (bicyclic) bond motifs is 2. The number of hydrogen-bond acceptors (Lipinski definition) is 4. The molecule has 6 heteroatoms. The summed E-state index contributed by atoms with van der Waals surface area (Å²) in [7, 11) is -1.94. The molecule has 4 nitrogen and oxygen atoms in total. The monoisotopic (exact) mass is 610 g/mol. The van der Waals surface area contributed by atoms with Crippen molar-refractivity contribution in [1.82, 2.24) is 0 Å². The van der Waals surface area contributed by atoms with E-state index < -0.39 is 15.8 Å². The molecule has 0 saturated carbocycles. The summed E-state index contributed by atoms with van der Waals surface area (Å²) in [6.45, 7) is 0.350. The van der Waals surface area contributed by atoms with Crippen LogP contribution in [0.25, 0.3) is 11.1 Å². The van der Waals surface area contributed by atoms with E-state index in [1.165, 1.54) is 21.2 Å². The average Bonchev–Trinajstić information content (AvgIpc) is 3.77. The van der Waals surface area contributed by atoms with Crippen molar-refractivity contribution < 1.29 is 18.9 Å². The van der Waals surface area contributed by atoms with Crippen molar-refractivity contribution in [2.24, 2.45) is 0 Å². The Bertz CT molecular complexity index is 1950. The smallest absolute Gasteiger partial charge is 0.231 e. The minimum atomic E-state index is -1.04. The van der Waals surface area contributed by atoms with Crippen LogP contribution in [0.3, 0.4) is 0 Å². The summed E-state index contributed by atoms with van der Waals surface area (Å²) >= 11 is 0. The number of rotatable bonds is 7. The maximum Gasteiger partial charge on any atom is 0.231 e. The molecule has 0 aromatic heterocycles. The molecule has 2 aliphatic carbocycles. The molecule has 0 radical (unpaired) electrons. The van der Waals surface area contributed by atoms with Gasteiger partial charge in [0.2, 0.25) is 13.6 Å². The lowest BCUT2D eigenvalue weighted by Crippen LogP contribution is -2.21. The molecule has 2 unspecified atom stereocenters. The van der Waals surface area contributed by atoms with Crippen LogP contribution < -0.4 is 40.2 Å². The molecule has 44 heavy (non-hydrogen) atoms. The van der Waals surface area contributed by atoms with E-state index in [-0.39, 0.29) is 13.6 Å². The summed E-state index contributed by atoms with van der Waals surface area (Å²) in [5.41, 5.74) is 8.67. The molecule has 4 aromatic carbocycles. The van der Waals surface area contributed by atoms with E-state index in [9.17, 15) is 0 Å². The van der Waals surface area contributed by atoms with Crippen LogP contribution in [0.5, 0.6) is 23.0 Å². The summed E-state index contributed by atoms with van der Waals surface area (Å²) in [5.74, 6) is 2.99. The first-order valence-electron chi connectivity index (χ1n) is 14.7. The second kappa shape index (κ2) is 11.9. The SMILES string of the molecule is C1=C=C(P(c2ccccc2)c2ccc3c(c2-c2c(P(C4=CC=CCC4)c4ccccc4)ccc4c2OCO4)OCO3)C=CC=1. The molecule has 0 fully saturated rings. The zero-order valence-electron chi connectivity index (χ0n) is 23.9. The van der Waals surface area contributed by atoms with Gasteiger partial charge < -0.3 is 18.9 Å². The highest BCUT2D eigenvalue weighted by Gasteiger charge is 2.36. The third-order valence-electron chi connectivity index (χ3n) is 7.95. The summed E-state index contributed by atoms with van der Waals surface area (Å²) in [4.78, 5) is 0. The zero-order valence-corrected chi connectivity index (χ0v) is 25.7. The van der Waals surface area contributed by atoms with Crippen LogP contribution in [0.4, 0.5) is 0 Å². The third-order valence-corrected chi connectivity index (χ3v) is 13.0. The van der Waals surface area contributed by atoms with Crippen LogP contribution in [0.1, 0.15) is 12.8 Å². The van der Waals surface area contributed by atoms with Crippen molar-refractivity contribution in [3.8, 4) is 34.1 Å². The van der Waals surface area contributed by atoms with E-state index in [0.29, 0.717) is 0 Å². The van der Waals surface area contributed by atoms with Gasteiger partial charge >= 0.3 is 0 Å². The van der Waals surface area contributed by atoms with Gasteiger partial charge in [0.15, 0.2) is 23.0 Å². The van der Waals surface area contributed by atoms with Gasteiger partial charge in [-0.05, 0) is 91.6 Å². The van der Waals surface area contributed by atoms with Gasteiger partial charge in [0, 0.05) is 16.4 Å². The first-order chi connectivity index (χ1) is 21.9. The highest BCUT2D eigenvalue weighted by molar-refractivity contribution is 7.78. The molecule has 0 spiro atoms. The Morgan fingerprint density at radius 1 is 0.614 bits per heavy atom. The fourth-order valence-corrected chi connectivity index (χ4v) is 11.0. The van der Waals surface area contributed by atoms with Crippen LogP contribution in [0.15, 0.2) is 143 Å². The molecule has 4 aromatic rings. The maximum atomic E-state index is 6.36. The van der Waals surface area contributed by atoms with Gasteiger partial charge in [-0.3, -0.25) is 0 Å². The summed E-state index contributed by atoms with van der Waals surface area (Å²) in [5, 5.41) is 7.40. The number of ether oxygens (including phenoxy) is 4. The predicted molar refractivity (Wildman–Crippen MR) is 180 cm³/mol. The molecule has 2 heterocycles. The quantitative estimate of drug-likeness (QED) is 0.159. The Balaban J connectivity index is 1.46. The van der Waals surface area contributed by atoms with E-state index in [1.54, 1.807) is 0 Å². The van der Waals surface area contributed by atoms with Gasteiger partial charge in [0.1, 0.15) is 0 Å². The van der Waals surface area contributed by atoms with E-state index in [4.69, 9.17) is 18.9 Å². The standard InChI is InChI=1S/C38H28O4P2/c1-5-13-27(14-6-1)43(28-15-7-2-8-16-28)33-23-21-31-37(41-25-39-31)35(33)36-34(24-22-32-38(36)42-26-40-32)44(29-17-9-3-10-18-29)30-19-11-4-12-20-30/h1-7,9-11,13-15,17-19,21-24H,8,16,25-26H2. The molecule has 214 valence electrons. The molecule has 8 rings (SSSR count). The van der Waals surface area contributed by atoms with Gasteiger partial charge in [0.25, 0.3) is 0 Å². The predicted octanol–water partition coefficient (Wildman–Crippen LogP) is 7.67. The first kappa shape index (κ1) is 27.0. The minimum Gasteiger partial charge on any atom is -0.454 e. The van der Waals surface area contributed by atoms with Gasteiger partial charge in [-0.25, -0.2) is 0 Å². The van der Waals surface area contributed by atoms with Gasteiger partial charge in [-0.15, -0.1) is 0 Å². The minimum absolute atomic E-state index is 0.172. The van der Waals surface area contributed by atoms with Crippen molar-refractivity contribution in [3.05, 3.63) is 143 Å². The first-order valence-corrected chi connectivity index (χ1v) is 17.4. The van der Waals surface area contributed by atoms with E-state index >= 15 is 0 Å². The van der Waals surface area contributed by atoms with Crippen molar-refractivity contribution in [2.45, 2.75) is 12.8 Å². The van der Waals surface area contributed by atoms with Gasteiger partial charge in [-0.2, -0.15) is 0 Å². The zero-order chi connectivity index (χ0) is 29.3. The lowest BCUT2D eigenvalue weighted by Gasteiger charge is -2.29. The maximum absolute atomic E-state index is 6.36. The van der Waals surface area contributed by atoms with Crippen LogP contribution in [-0.4, -0.2) is 13.6 Å². The molecular weight excluding hydrogens is 582 g/mol.